The van der Waals surface area contributed by atoms with E-state index in [0.29, 0.717) is 0 Å². The first-order chi connectivity index (χ1) is 10.7. The van der Waals surface area contributed by atoms with E-state index in [4.69, 9.17) is 0 Å². The smallest absolute Gasteiger partial charge is 0.0416 e. The van der Waals surface area contributed by atoms with Crippen molar-refractivity contribution < 1.29 is 0 Å². The Morgan fingerprint density at radius 3 is 2.59 bits per heavy atom. The van der Waals surface area contributed by atoms with E-state index in [1.165, 1.54) is 28.0 Å². The minimum Gasteiger partial charge on any atom is -0.381 e. The molecule has 1 heteroatoms. The second kappa shape index (κ2) is 9.62. The summed E-state index contributed by atoms with van der Waals surface area (Å²) in [5.41, 5.74) is 6.18. The molecule has 1 aromatic carbocycles. The maximum absolute atomic E-state index is 3.72. The summed E-state index contributed by atoms with van der Waals surface area (Å²) in [4.78, 5) is 0. The van der Waals surface area contributed by atoms with Gasteiger partial charge < -0.3 is 5.32 Å². The lowest BCUT2D eigenvalue weighted by Gasteiger charge is -2.16. The SMILES string of the molecule is C=C/C=C\C(=C/C)c1cccc(C2=CC=C(C)CN2)c1.CC. The van der Waals surface area contributed by atoms with Crippen LogP contribution in [0.4, 0.5) is 0 Å². The lowest BCUT2D eigenvalue weighted by atomic mass is 10.00. The fourth-order valence-corrected chi connectivity index (χ4v) is 2.17. The molecular weight excluding hydrogens is 266 g/mol. The van der Waals surface area contributed by atoms with Crippen molar-refractivity contribution in [3.8, 4) is 0 Å². The van der Waals surface area contributed by atoms with E-state index in [0.717, 1.165) is 6.54 Å². The Bertz CT molecular complexity index is 613. The van der Waals surface area contributed by atoms with Crippen LogP contribution in [0.2, 0.25) is 0 Å². The maximum atomic E-state index is 3.72. The van der Waals surface area contributed by atoms with Crippen LogP contribution in [0.3, 0.4) is 0 Å². The summed E-state index contributed by atoms with van der Waals surface area (Å²) in [5, 5.41) is 3.45. The molecule has 1 aromatic rings. The molecule has 0 saturated heterocycles. The van der Waals surface area contributed by atoms with Crippen molar-refractivity contribution in [1.82, 2.24) is 5.32 Å². The molecular formula is C21H27N. The van der Waals surface area contributed by atoms with Gasteiger partial charge in [-0.25, -0.2) is 0 Å². The van der Waals surface area contributed by atoms with Gasteiger partial charge in [-0.3, -0.25) is 0 Å². The Hall–Kier alpha value is -2.28. The molecule has 1 aliphatic heterocycles. The van der Waals surface area contributed by atoms with Gasteiger partial charge in [0, 0.05) is 12.2 Å². The second-order valence-electron chi connectivity index (χ2n) is 4.87. The van der Waals surface area contributed by atoms with E-state index in [9.17, 15) is 0 Å². The summed E-state index contributed by atoms with van der Waals surface area (Å²) in [5.74, 6) is 0. The molecule has 0 spiro atoms. The van der Waals surface area contributed by atoms with E-state index in [1.807, 2.05) is 19.9 Å². The van der Waals surface area contributed by atoms with E-state index in [2.05, 4.69) is 74.3 Å². The zero-order chi connectivity index (χ0) is 16.4. The molecule has 22 heavy (non-hydrogen) atoms. The normalized spacial score (nSPS) is 14.5. The topological polar surface area (TPSA) is 12.0 Å². The van der Waals surface area contributed by atoms with Gasteiger partial charge >= 0.3 is 0 Å². The quantitative estimate of drug-likeness (QED) is 0.697. The Balaban J connectivity index is 0.00000116. The van der Waals surface area contributed by atoms with Crippen LogP contribution in [0.15, 0.2) is 72.9 Å². The van der Waals surface area contributed by atoms with E-state index in [1.54, 1.807) is 6.08 Å². The predicted molar refractivity (Wildman–Crippen MR) is 101 cm³/mol. The van der Waals surface area contributed by atoms with Gasteiger partial charge in [0.05, 0.1) is 0 Å². The van der Waals surface area contributed by atoms with Crippen molar-refractivity contribution in [3.63, 3.8) is 0 Å². The lowest BCUT2D eigenvalue weighted by Crippen LogP contribution is -2.17. The van der Waals surface area contributed by atoms with Gasteiger partial charge in [-0.05, 0) is 42.7 Å². The summed E-state index contributed by atoms with van der Waals surface area (Å²) < 4.78 is 0. The Kier molecular flexibility index (Phi) is 7.77. The highest BCUT2D eigenvalue weighted by atomic mass is 14.9. The molecule has 116 valence electrons. The van der Waals surface area contributed by atoms with Crippen LogP contribution in [0.25, 0.3) is 11.3 Å². The average molecular weight is 293 g/mol. The fourth-order valence-electron chi connectivity index (χ4n) is 2.17. The summed E-state index contributed by atoms with van der Waals surface area (Å²) >= 11 is 0. The van der Waals surface area contributed by atoms with Crippen molar-refractivity contribution in [2.75, 3.05) is 6.54 Å². The van der Waals surface area contributed by atoms with Gasteiger partial charge in [-0.1, -0.05) is 74.6 Å². The van der Waals surface area contributed by atoms with E-state index >= 15 is 0 Å². The average Bonchev–Trinajstić information content (AvgIpc) is 2.58. The summed E-state index contributed by atoms with van der Waals surface area (Å²) in [6.07, 6.45) is 12.3. The maximum Gasteiger partial charge on any atom is 0.0416 e. The van der Waals surface area contributed by atoms with Gasteiger partial charge in [0.2, 0.25) is 0 Å². The number of allylic oxidation sites excluding steroid dienone is 7. The highest BCUT2D eigenvalue weighted by Crippen LogP contribution is 2.22. The standard InChI is InChI=1S/C19H21N.C2H6/c1-4-6-8-16(5-2)17-9-7-10-18(13-17)19-12-11-15(3)14-20-19;1-2/h4-13,20H,1,14H2,2-3H3;1-2H3/b8-6-,16-5+;. The minimum absolute atomic E-state index is 0.920. The van der Waals surface area contributed by atoms with Crippen molar-refractivity contribution in [2.45, 2.75) is 27.7 Å². The van der Waals surface area contributed by atoms with Gasteiger partial charge in [0.15, 0.2) is 0 Å². The van der Waals surface area contributed by atoms with E-state index in [-0.39, 0.29) is 0 Å². The second-order valence-corrected chi connectivity index (χ2v) is 4.87. The largest absolute Gasteiger partial charge is 0.381 e. The number of hydrogen-bond donors (Lipinski definition) is 1. The van der Waals surface area contributed by atoms with Gasteiger partial charge in [0.25, 0.3) is 0 Å². The van der Waals surface area contributed by atoms with Gasteiger partial charge in [0.1, 0.15) is 0 Å². The first kappa shape index (κ1) is 17.8. The Morgan fingerprint density at radius 1 is 1.23 bits per heavy atom. The van der Waals surface area contributed by atoms with Crippen LogP contribution in [-0.4, -0.2) is 6.54 Å². The monoisotopic (exact) mass is 293 g/mol. The highest BCUT2D eigenvalue weighted by Gasteiger charge is 2.06. The number of dihydropyridines is 1. The number of benzene rings is 1. The minimum atomic E-state index is 0.920. The molecule has 0 fully saturated rings. The predicted octanol–water partition coefficient (Wildman–Crippen LogP) is 5.75. The van der Waals surface area contributed by atoms with Crippen LogP contribution in [0, 0.1) is 0 Å². The van der Waals surface area contributed by atoms with Crippen molar-refractivity contribution >= 4 is 11.3 Å². The summed E-state index contributed by atoms with van der Waals surface area (Å²) in [6.45, 7) is 12.8. The highest BCUT2D eigenvalue weighted by molar-refractivity contribution is 5.77. The third-order valence-electron chi connectivity index (χ3n) is 3.32. The van der Waals surface area contributed by atoms with Crippen molar-refractivity contribution in [1.29, 1.82) is 0 Å². The van der Waals surface area contributed by atoms with Crippen molar-refractivity contribution in [3.05, 3.63) is 84.0 Å². The molecule has 0 bridgehead atoms. The number of nitrogens with one attached hydrogen (secondary N) is 1. The number of rotatable bonds is 4. The molecule has 0 amide bonds. The molecule has 1 nitrogen and oxygen atoms in total. The third-order valence-corrected chi connectivity index (χ3v) is 3.32. The van der Waals surface area contributed by atoms with Crippen LogP contribution >= 0.6 is 0 Å². The molecule has 0 radical (unpaired) electrons. The fraction of sp³-hybridized carbons (Fsp3) is 0.238. The third kappa shape index (κ3) is 4.92. The van der Waals surface area contributed by atoms with Crippen LogP contribution in [0.1, 0.15) is 38.8 Å². The first-order valence-electron chi connectivity index (χ1n) is 7.92. The Labute approximate surface area is 135 Å². The zero-order valence-electron chi connectivity index (χ0n) is 14.2. The first-order valence-corrected chi connectivity index (χ1v) is 7.92. The molecule has 0 atom stereocenters. The molecule has 0 aromatic heterocycles. The molecule has 1 N–H and O–H groups in total. The Morgan fingerprint density at radius 2 is 2.00 bits per heavy atom. The summed E-state index contributed by atoms with van der Waals surface area (Å²) in [7, 11) is 0. The lowest BCUT2D eigenvalue weighted by molar-refractivity contribution is 0.941. The summed E-state index contributed by atoms with van der Waals surface area (Å²) in [6, 6.07) is 8.60. The molecule has 2 rings (SSSR count). The molecule has 1 heterocycles. The van der Waals surface area contributed by atoms with Crippen molar-refractivity contribution in [2.24, 2.45) is 0 Å². The number of hydrogen-bond acceptors (Lipinski definition) is 1. The van der Waals surface area contributed by atoms with Gasteiger partial charge in [-0.15, -0.1) is 0 Å². The molecule has 0 unspecified atom stereocenters. The van der Waals surface area contributed by atoms with Crippen LogP contribution in [-0.2, 0) is 0 Å². The molecule has 1 aliphatic rings. The molecule has 0 aliphatic carbocycles. The zero-order valence-corrected chi connectivity index (χ0v) is 14.2. The van der Waals surface area contributed by atoms with Gasteiger partial charge in [-0.2, -0.15) is 0 Å². The van der Waals surface area contributed by atoms with Crippen LogP contribution in [0.5, 0.6) is 0 Å². The van der Waals surface area contributed by atoms with Crippen LogP contribution < -0.4 is 5.32 Å². The molecule has 0 saturated carbocycles. The van der Waals surface area contributed by atoms with E-state index < -0.39 is 0 Å².